The highest BCUT2D eigenvalue weighted by Crippen LogP contribution is 2.20. The molecule has 0 atom stereocenters. The van der Waals surface area contributed by atoms with Crippen LogP contribution in [0.4, 0.5) is 0 Å². The third-order valence-electron chi connectivity index (χ3n) is 1.99. The van der Waals surface area contributed by atoms with Gasteiger partial charge in [-0.3, -0.25) is 0 Å². The molecule has 0 unspecified atom stereocenters. The van der Waals surface area contributed by atoms with Crippen molar-refractivity contribution >= 4 is 0 Å². The number of ether oxygens (including phenoxy) is 1. The highest BCUT2D eigenvalue weighted by molar-refractivity contribution is 5.29. The van der Waals surface area contributed by atoms with Crippen LogP contribution in [0.1, 0.15) is 20.3 Å². The SMILES string of the molecule is C=CC(C=C)(C=C)Oc1ccccc1.CCC. The summed E-state index contributed by atoms with van der Waals surface area (Å²) in [7, 11) is 0. The van der Waals surface area contributed by atoms with Gasteiger partial charge in [-0.05, 0) is 30.4 Å². The van der Waals surface area contributed by atoms with Crippen molar-refractivity contribution < 1.29 is 4.74 Å². The van der Waals surface area contributed by atoms with Gasteiger partial charge in [0.15, 0.2) is 5.60 Å². The van der Waals surface area contributed by atoms with Crippen molar-refractivity contribution in [3.63, 3.8) is 0 Å². The molecule has 0 heterocycles. The van der Waals surface area contributed by atoms with E-state index in [4.69, 9.17) is 4.74 Å². The minimum absolute atomic E-state index is 0.679. The lowest BCUT2D eigenvalue weighted by Gasteiger charge is -2.24. The molecular weight excluding hydrogens is 208 g/mol. The molecule has 0 spiro atoms. The lowest BCUT2D eigenvalue weighted by atomic mass is 10.1. The van der Waals surface area contributed by atoms with Gasteiger partial charge in [-0.25, -0.2) is 0 Å². The molecule has 0 bridgehead atoms. The van der Waals surface area contributed by atoms with Crippen LogP contribution in [-0.4, -0.2) is 5.60 Å². The summed E-state index contributed by atoms with van der Waals surface area (Å²) in [6.45, 7) is 15.4. The van der Waals surface area contributed by atoms with E-state index < -0.39 is 5.60 Å². The summed E-state index contributed by atoms with van der Waals surface area (Å²) in [5.41, 5.74) is -0.679. The molecule has 0 radical (unpaired) electrons. The fourth-order valence-corrected chi connectivity index (χ4v) is 1.07. The molecule has 0 aromatic heterocycles. The third kappa shape index (κ3) is 5.21. The average molecular weight is 230 g/mol. The molecule has 0 aliphatic heterocycles. The van der Waals surface area contributed by atoms with E-state index in [9.17, 15) is 0 Å². The fourth-order valence-electron chi connectivity index (χ4n) is 1.07. The van der Waals surface area contributed by atoms with Crippen molar-refractivity contribution in [3.8, 4) is 5.75 Å². The monoisotopic (exact) mass is 230 g/mol. The Morgan fingerprint density at radius 2 is 1.41 bits per heavy atom. The minimum atomic E-state index is -0.679. The standard InChI is InChI=1S/C13H14O.C3H8/c1-4-13(5-2,6-3)14-12-10-8-7-9-11-12;1-3-2/h4-11H,1-3H2;3H2,1-2H3. The maximum atomic E-state index is 5.70. The molecule has 0 N–H and O–H groups in total. The fraction of sp³-hybridized carbons (Fsp3) is 0.250. The molecule has 0 saturated heterocycles. The second kappa shape index (κ2) is 8.40. The Hall–Kier alpha value is -1.76. The van der Waals surface area contributed by atoms with Crippen LogP contribution in [0.15, 0.2) is 68.3 Å². The zero-order chi connectivity index (χ0) is 13.1. The normalized spacial score (nSPS) is 9.53. The molecule has 0 amide bonds. The zero-order valence-electron chi connectivity index (χ0n) is 10.9. The molecule has 1 rings (SSSR count). The summed E-state index contributed by atoms with van der Waals surface area (Å²) in [6, 6.07) is 9.52. The maximum Gasteiger partial charge on any atom is 0.163 e. The van der Waals surface area contributed by atoms with E-state index in [1.165, 1.54) is 6.42 Å². The van der Waals surface area contributed by atoms with Crippen LogP contribution in [0.5, 0.6) is 5.75 Å². The van der Waals surface area contributed by atoms with Crippen LogP contribution in [0, 0.1) is 0 Å². The first-order valence-corrected chi connectivity index (χ1v) is 5.82. The highest BCUT2D eigenvalue weighted by Gasteiger charge is 2.19. The quantitative estimate of drug-likeness (QED) is 0.661. The van der Waals surface area contributed by atoms with E-state index >= 15 is 0 Å². The van der Waals surface area contributed by atoms with E-state index in [-0.39, 0.29) is 0 Å². The van der Waals surface area contributed by atoms with Crippen molar-refractivity contribution in [2.45, 2.75) is 25.9 Å². The first-order valence-electron chi connectivity index (χ1n) is 5.82. The summed E-state index contributed by atoms with van der Waals surface area (Å²) in [5, 5.41) is 0. The minimum Gasteiger partial charge on any atom is -0.475 e. The van der Waals surface area contributed by atoms with Crippen molar-refractivity contribution in [1.82, 2.24) is 0 Å². The van der Waals surface area contributed by atoms with Crippen LogP contribution in [0.3, 0.4) is 0 Å². The van der Waals surface area contributed by atoms with Crippen molar-refractivity contribution in [2.75, 3.05) is 0 Å². The first kappa shape index (κ1) is 15.2. The Morgan fingerprint density at radius 1 is 1.00 bits per heavy atom. The molecule has 1 aromatic rings. The Morgan fingerprint density at radius 3 is 1.76 bits per heavy atom. The van der Waals surface area contributed by atoms with Gasteiger partial charge < -0.3 is 4.74 Å². The Kier molecular flexibility index (Phi) is 7.53. The molecule has 1 nitrogen and oxygen atoms in total. The largest absolute Gasteiger partial charge is 0.475 e. The number of hydrogen-bond donors (Lipinski definition) is 0. The molecule has 1 aromatic carbocycles. The van der Waals surface area contributed by atoms with E-state index in [0.717, 1.165) is 5.75 Å². The maximum absolute atomic E-state index is 5.70. The number of benzene rings is 1. The molecule has 1 heteroatoms. The smallest absolute Gasteiger partial charge is 0.163 e. The highest BCUT2D eigenvalue weighted by atomic mass is 16.5. The van der Waals surface area contributed by atoms with Gasteiger partial charge in [-0.2, -0.15) is 0 Å². The summed E-state index contributed by atoms with van der Waals surface area (Å²) in [5.74, 6) is 0.771. The van der Waals surface area contributed by atoms with Gasteiger partial charge in [0.2, 0.25) is 0 Å². The second-order valence-electron chi connectivity index (χ2n) is 3.59. The number of rotatable bonds is 5. The van der Waals surface area contributed by atoms with Gasteiger partial charge in [0, 0.05) is 0 Å². The first-order chi connectivity index (χ1) is 8.17. The van der Waals surface area contributed by atoms with E-state index in [1.54, 1.807) is 18.2 Å². The summed E-state index contributed by atoms with van der Waals surface area (Å²) < 4.78 is 5.70. The summed E-state index contributed by atoms with van der Waals surface area (Å²) in [4.78, 5) is 0. The molecular formula is C16H22O. The number of para-hydroxylation sites is 1. The molecule has 17 heavy (non-hydrogen) atoms. The van der Waals surface area contributed by atoms with Gasteiger partial charge in [0.05, 0.1) is 0 Å². The van der Waals surface area contributed by atoms with Gasteiger partial charge in [-0.15, -0.1) is 0 Å². The molecule has 0 aliphatic carbocycles. The van der Waals surface area contributed by atoms with Crippen molar-refractivity contribution in [1.29, 1.82) is 0 Å². The van der Waals surface area contributed by atoms with Gasteiger partial charge in [0.1, 0.15) is 5.75 Å². The van der Waals surface area contributed by atoms with E-state index in [0.29, 0.717) is 0 Å². The van der Waals surface area contributed by atoms with Crippen LogP contribution >= 0.6 is 0 Å². The third-order valence-corrected chi connectivity index (χ3v) is 1.99. The van der Waals surface area contributed by atoms with Crippen molar-refractivity contribution in [2.24, 2.45) is 0 Å². The van der Waals surface area contributed by atoms with E-state index in [2.05, 4.69) is 33.6 Å². The molecule has 92 valence electrons. The average Bonchev–Trinajstić information content (AvgIpc) is 2.38. The predicted octanol–water partition coefficient (Wildman–Crippen LogP) is 4.78. The Bertz CT molecular complexity index is 316. The van der Waals surface area contributed by atoms with Gasteiger partial charge in [0.25, 0.3) is 0 Å². The van der Waals surface area contributed by atoms with Crippen LogP contribution < -0.4 is 4.74 Å². The zero-order valence-corrected chi connectivity index (χ0v) is 10.9. The Balaban J connectivity index is 0.000000770. The summed E-state index contributed by atoms with van der Waals surface area (Å²) >= 11 is 0. The van der Waals surface area contributed by atoms with Crippen LogP contribution in [-0.2, 0) is 0 Å². The van der Waals surface area contributed by atoms with Crippen molar-refractivity contribution in [3.05, 3.63) is 68.3 Å². The summed E-state index contributed by atoms with van der Waals surface area (Å²) in [6.07, 6.45) is 6.25. The van der Waals surface area contributed by atoms with Crippen LogP contribution in [0.2, 0.25) is 0 Å². The van der Waals surface area contributed by atoms with Gasteiger partial charge >= 0.3 is 0 Å². The predicted molar refractivity (Wildman–Crippen MR) is 76.4 cm³/mol. The number of hydrogen-bond acceptors (Lipinski definition) is 1. The molecule has 0 saturated carbocycles. The second-order valence-corrected chi connectivity index (χ2v) is 3.59. The Labute approximate surface area is 105 Å². The topological polar surface area (TPSA) is 9.23 Å². The lowest BCUT2D eigenvalue weighted by Crippen LogP contribution is -2.27. The van der Waals surface area contributed by atoms with Gasteiger partial charge in [-0.1, -0.05) is 58.2 Å². The lowest BCUT2D eigenvalue weighted by molar-refractivity contribution is 0.223. The van der Waals surface area contributed by atoms with E-state index in [1.807, 2.05) is 30.3 Å². The molecule has 0 fully saturated rings. The van der Waals surface area contributed by atoms with Crippen LogP contribution in [0.25, 0.3) is 0 Å². The molecule has 0 aliphatic rings.